The molecule has 8 heteroatoms. The van der Waals surface area contributed by atoms with Crippen molar-refractivity contribution in [2.75, 3.05) is 37.7 Å². The summed E-state index contributed by atoms with van der Waals surface area (Å²) in [5.41, 5.74) is 0.653. The summed E-state index contributed by atoms with van der Waals surface area (Å²) in [5.74, 6) is -1.32. The zero-order chi connectivity index (χ0) is 18.7. The fourth-order valence-corrected chi connectivity index (χ4v) is 3.32. The number of carboxylic acids is 1. The maximum atomic E-state index is 12.8. The number of anilines is 1. The van der Waals surface area contributed by atoms with Crippen LogP contribution in [0.3, 0.4) is 0 Å². The molecule has 2 saturated heterocycles. The second-order valence-corrected chi connectivity index (χ2v) is 6.29. The van der Waals surface area contributed by atoms with Gasteiger partial charge in [0.05, 0.1) is 31.4 Å². The summed E-state index contributed by atoms with van der Waals surface area (Å²) >= 11 is 0. The van der Waals surface area contributed by atoms with E-state index in [4.69, 9.17) is 14.6 Å². The Morgan fingerprint density at radius 2 is 2.08 bits per heavy atom. The summed E-state index contributed by atoms with van der Waals surface area (Å²) in [4.78, 5) is 39.4. The Hall–Kier alpha value is -2.61. The van der Waals surface area contributed by atoms with E-state index in [1.54, 1.807) is 17.0 Å². The molecule has 1 aromatic rings. The average Bonchev–Trinajstić information content (AvgIpc) is 3.03. The molecule has 0 aromatic heterocycles. The molecule has 2 amide bonds. The van der Waals surface area contributed by atoms with Crippen LogP contribution in [0.1, 0.15) is 13.3 Å². The lowest BCUT2D eigenvalue weighted by Gasteiger charge is -2.32. The summed E-state index contributed by atoms with van der Waals surface area (Å²) in [6.45, 7) is 3.13. The molecule has 26 heavy (non-hydrogen) atoms. The number of rotatable bonds is 5. The Labute approximate surface area is 151 Å². The Morgan fingerprint density at radius 1 is 1.31 bits per heavy atom. The van der Waals surface area contributed by atoms with Crippen LogP contribution in [-0.2, 0) is 19.1 Å². The van der Waals surface area contributed by atoms with Crippen molar-refractivity contribution < 1.29 is 29.0 Å². The van der Waals surface area contributed by atoms with E-state index in [1.165, 1.54) is 4.90 Å². The quantitative estimate of drug-likeness (QED) is 0.830. The van der Waals surface area contributed by atoms with Gasteiger partial charge in [-0.05, 0) is 19.1 Å². The first kappa shape index (κ1) is 18.2. The highest BCUT2D eigenvalue weighted by molar-refractivity contribution is 6.01. The molecule has 0 saturated carbocycles. The van der Waals surface area contributed by atoms with E-state index in [0.717, 1.165) is 0 Å². The third-order valence-corrected chi connectivity index (χ3v) is 4.58. The zero-order valence-corrected chi connectivity index (χ0v) is 14.6. The number of carboxylic acid groups (broad SMARTS) is 1. The Bertz CT molecular complexity index is 707. The molecule has 2 aliphatic heterocycles. The van der Waals surface area contributed by atoms with Crippen LogP contribution in [0.5, 0.6) is 5.75 Å². The minimum absolute atomic E-state index is 0.00832. The number of aliphatic carboxylic acids is 1. The minimum atomic E-state index is -1.09. The number of carbonyl (C=O) groups is 3. The van der Waals surface area contributed by atoms with Crippen LogP contribution in [0.15, 0.2) is 24.3 Å². The third kappa shape index (κ3) is 3.65. The first-order valence-electron chi connectivity index (χ1n) is 8.66. The fourth-order valence-electron chi connectivity index (χ4n) is 3.32. The summed E-state index contributed by atoms with van der Waals surface area (Å²) in [6.07, 6.45) is -0.909. The topological polar surface area (TPSA) is 96.4 Å². The number of hydrogen-bond donors (Lipinski definition) is 1. The SMILES string of the molecule is CCOc1ccccc1N1CC(C(=O)N2CCOC(C(=O)O)C2)CC1=O. The predicted octanol–water partition coefficient (Wildman–Crippen LogP) is 0.750. The van der Waals surface area contributed by atoms with Gasteiger partial charge in [0.25, 0.3) is 0 Å². The zero-order valence-electron chi connectivity index (χ0n) is 14.6. The average molecular weight is 362 g/mol. The molecular weight excluding hydrogens is 340 g/mol. The maximum Gasteiger partial charge on any atom is 0.334 e. The number of benzene rings is 1. The summed E-state index contributed by atoms with van der Waals surface area (Å²) in [5, 5.41) is 9.08. The number of para-hydroxylation sites is 2. The lowest BCUT2D eigenvalue weighted by Crippen LogP contribution is -2.50. The Kier molecular flexibility index (Phi) is 5.41. The molecule has 0 aliphatic carbocycles. The van der Waals surface area contributed by atoms with E-state index in [2.05, 4.69) is 0 Å². The highest BCUT2D eigenvalue weighted by Crippen LogP contribution is 2.33. The second kappa shape index (κ2) is 7.74. The standard InChI is InChI=1S/C18H22N2O6/c1-2-25-14-6-4-3-5-13(14)20-10-12(9-16(20)21)17(22)19-7-8-26-15(11-19)18(23)24/h3-6,12,15H,2,7-11H2,1H3,(H,23,24). The van der Waals surface area contributed by atoms with Crippen LogP contribution in [0.2, 0.25) is 0 Å². The number of ether oxygens (including phenoxy) is 2. The molecule has 2 heterocycles. The van der Waals surface area contributed by atoms with E-state index >= 15 is 0 Å². The molecule has 3 rings (SSSR count). The number of hydrogen-bond acceptors (Lipinski definition) is 5. The van der Waals surface area contributed by atoms with Crippen LogP contribution in [-0.4, -0.2) is 66.7 Å². The van der Waals surface area contributed by atoms with Gasteiger partial charge in [0, 0.05) is 19.5 Å². The van der Waals surface area contributed by atoms with Gasteiger partial charge in [-0.15, -0.1) is 0 Å². The molecule has 8 nitrogen and oxygen atoms in total. The van der Waals surface area contributed by atoms with Gasteiger partial charge in [-0.2, -0.15) is 0 Å². The van der Waals surface area contributed by atoms with E-state index in [0.29, 0.717) is 24.6 Å². The summed E-state index contributed by atoms with van der Waals surface area (Å²) < 4.78 is 10.7. The molecule has 2 aliphatic rings. The number of amides is 2. The molecule has 0 radical (unpaired) electrons. The first-order valence-corrected chi connectivity index (χ1v) is 8.66. The fraction of sp³-hybridized carbons (Fsp3) is 0.500. The highest BCUT2D eigenvalue weighted by atomic mass is 16.5. The van der Waals surface area contributed by atoms with Crippen molar-refractivity contribution in [1.29, 1.82) is 0 Å². The van der Waals surface area contributed by atoms with Crippen LogP contribution >= 0.6 is 0 Å². The lowest BCUT2D eigenvalue weighted by molar-refractivity contribution is -0.160. The molecule has 0 bridgehead atoms. The molecule has 0 spiro atoms. The van der Waals surface area contributed by atoms with Crippen molar-refractivity contribution >= 4 is 23.5 Å². The van der Waals surface area contributed by atoms with Gasteiger partial charge >= 0.3 is 5.97 Å². The molecule has 2 atom stereocenters. The largest absolute Gasteiger partial charge is 0.492 e. The number of carbonyl (C=O) groups excluding carboxylic acids is 2. The van der Waals surface area contributed by atoms with Gasteiger partial charge in [-0.1, -0.05) is 12.1 Å². The van der Waals surface area contributed by atoms with E-state index < -0.39 is 18.0 Å². The van der Waals surface area contributed by atoms with Crippen LogP contribution in [0.4, 0.5) is 5.69 Å². The van der Waals surface area contributed by atoms with E-state index in [-0.39, 0.29) is 37.9 Å². The maximum absolute atomic E-state index is 12.8. The molecular formula is C18H22N2O6. The highest BCUT2D eigenvalue weighted by Gasteiger charge is 2.40. The summed E-state index contributed by atoms with van der Waals surface area (Å²) in [6, 6.07) is 7.24. The lowest BCUT2D eigenvalue weighted by atomic mass is 10.1. The molecule has 1 aromatic carbocycles. The van der Waals surface area contributed by atoms with E-state index in [1.807, 2.05) is 19.1 Å². The van der Waals surface area contributed by atoms with Crippen molar-refractivity contribution in [3.63, 3.8) is 0 Å². The van der Waals surface area contributed by atoms with E-state index in [9.17, 15) is 14.4 Å². The molecule has 1 N–H and O–H groups in total. The third-order valence-electron chi connectivity index (χ3n) is 4.58. The van der Waals surface area contributed by atoms with Crippen LogP contribution < -0.4 is 9.64 Å². The minimum Gasteiger partial charge on any atom is -0.492 e. The summed E-state index contributed by atoms with van der Waals surface area (Å²) in [7, 11) is 0. The predicted molar refractivity (Wildman–Crippen MR) is 92.0 cm³/mol. The Balaban J connectivity index is 1.71. The van der Waals surface area contributed by atoms with Crippen molar-refractivity contribution in [2.45, 2.75) is 19.4 Å². The van der Waals surface area contributed by atoms with Crippen molar-refractivity contribution in [3.8, 4) is 5.75 Å². The van der Waals surface area contributed by atoms with Gasteiger partial charge in [0.2, 0.25) is 11.8 Å². The molecule has 2 fully saturated rings. The first-order chi connectivity index (χ1) is 12.5. The van der Waals surface area contributed by atoms with Crippen LogP contribution in [0, 0.1) is 5.92 Å². The normalized spacial score (nSPS) is 23.2. The molecule has 2 unspecified atom stereocenters. The van der Waals surface area contributed by atoms with Crippen molar-refractivity contribution in [3.05, 3.63) is 24.3 Å². The Morgan fingerprint density at radius 3 is 2.81 bits per heavy atom. The smallest absolute Gasteiger partial charge is 0.334 e. The number of nitrogens with zero attached hydrogens (tertiary/aromatic N) is 2. The molecule has 140 valence electrons. The monoisotopic (exact) mass is 362 g/mol. The second-order valence-electron chi connectivity index (χ2n) is 6.29. The number of morpholine rings is 1. The van der Waals surface area contributed by atoms with Gasteiger partial charge in [-0.25, -0.2) is 4.79 Å². The van der Waals surface area contributed by atoms with Gasteiger partial charge in [0.15, 0.2) is 6.10 Å². The van der Waals surface area contributed by atoms with Crippen molar-refractivity contribution in [2.24, 2.45) is 5.92 Å². The van der Waals surface area contributed by atoms with Crippen LogP contribution in [0.25, 0.3) is 0 Å². The van der Waals surface area contributed by atoms with Crippen molar-refractivity contribution in [1.82, 2.24) is 4.90 Å². The van der Waals surface area contributed by atoms with Gasteiger partial charge < -0.3 is 24.4 Å². The van der Waals surface area contributed by atoms with Gasteiger partial charge in [-0.3, -0.25) is 9.59 Å². The van der Waals surface area contributed by atoms with Gasteiger partial charge in [0.1, 0.15) is 5.75 Å².